The van der Waals surface area contributed by atoms with Gasteiger partial charge in [-0.05, 0) is 60.4 Å². The molecule has 3 heterocycles. The van der Waals surface area contributed by atoms with Gasteiger partial charge in [0.2, 0.25) is 11.8 Å². The Bertz CT molecular complexity index is 1840. The molecule has 2 aliphatic carbocycles. The van der Waals surface area contributed by atoms with Crippen LogP contribution in [0.25, 0.3) is 0 Å². The van der Waals surface area contributed by atoms with Gasteiger partial charge < -0.3 is 19.6 Å². The second kappa shape index (κ2) is 13.2. The van der Waals surface area contributed by atoms with Gasteiger partial charge in [-0.1, -0.05) is 30.3 Å². The first-order chi connectivity index (χ1) is 24.6. The normalized spacial score (nSPS) is 22.0. The largest absolute Gasteiger partial charge is 0.478 e. The number of amides is 2. The fraction of sp³-hybridized carbons (Fsp3) is 0.514. The third kappa shape index (κ3) is 6.79. The molecule has 52 heavy (non-hydrogen) atoms. The van der Waals surface area contributed by atoms with Crippen LogP contribution in [0.5, 0.6) is 0 Å². The quantitative estimate of drug-likeness (QED) is 0.238. The minimum atomic E-state index is -4.66. The number of nitrogens with zero attached hydrogens (tertiary/aromatic N) is 4. The molecule has 278 valence electrons. The molecule has 1 spiro atoms. The molecule has 2 saturated heterocycles. The third-order valence-electron chi connectivity index (χ3n) is 11.4. The zero-order chi connectivity index (χ0) is 37.1. The molecule has 3 aromatic rings. The summed E-state index contributed by atoms with van der Waals surface area (Å²) in [6, 6.07) is 10.8. The van der Waals surface area contributed by atoms with Crippen LogP contribution in [0, 0.1) is 22.6 Å². The van der Waals surface area contributed by atoms with E-state index in [0.29, 0.717) is 17.7 Å². The summed E-state index contributed by atoms with van der Waals surface area (Å²) in [7, 11) is 0. The summed E-state index contributed by atoms with van der Waals surface area (Å²) in [5, 5.41) is 14.4. The van der Waals surface area contributed by atoms with Gasteiger partial charge in [-0.2, -0.15) is 18.3 Å². The fourth-order valence-electron chi connectivity index (χ4n) is 8.20. The van der Waals surface area contributed by atoms with E-state index in [4.69, 9.17) is 4.74 Å². The number of carboxylic acids is 1. The monoisotopic (exact) mass is 732 g/mol. The average Bonchev–Trinajstić information content (AvgIpc) is 3.64. The van der Waals surface area contributed by atoms with Crippen LogP contribution in [-0.4, -0.2) is 87.4 Å². The van der Waals surface area contributed by atoms with Crippen molar-refractivity contribution >= 4 is 17.8 Å². The molecular formula is C37H38F6N4O5. The zero-order valence-electron chi connectivity index (χ0n) is 28.2. The summed E-state index contributed by atoms with van der Waals surface area (Å²) in [5.41, 5.74) is -1.21. The number of carbonyl (C=O) groups excluding carboxylic acids is 2. The van der Waals surface area contributed by atoms with E-state index >= 15 is 0 Å². The highest BCUT2D eigenvalue weighted by atomic mass is 19.4. The van der Waals surface area contributed by atoms with Crippen molar-refractivity contribution in [3.63, 3.8) is 0 Å². The Morgan fingerprint density at radius 1 is 0.942 bits per heavy atom. The van der Waals surface area contributed by atoms with Gasteiger partial charge in [0, 0.05) is 56.6 Å². The van der Waals surface area contributed by atoms with E-state index in [2.05, 4.69) is 5.10 Å². The molecular weight excluding hydrogens is 694 g/mol. The second-order valence-corrected chi connectivity index (χ2v) is 14.9. The molecule has 9 nitrogen and oxygen atoms in total. The summed E-state index contributed by atoms with van der Waals surface area (Å²) in [5.74, 6) is -6.40. The molecule has 1 unspecified atom stereocenters. The lowest BCUT2D eigenvalue weighted by atomic mass is 9.71. The first-order valence-corrected chi connectivity index (χ1v) is 17.3. The summed E-state index contributed by atoms with van der Waals surface area (Å²) >= 11 is 0. The summed E-state index contributed by atoms with van der Waals surface area (Å²) in [6.07, 6.45) is -2.54. The lowest BCUT2D eigenvalue weighted by molar-refractivity contribution is -0.205. The number of alkyl halides is 5. The van der Waals surface area contributed by atoms with Gasteiger partial charge in [0.1, 0.15) is 11.2 Å². The highest BCUT2D eigenvalue weighted by molar-refractivity contribution is 5.94. The number of carboxylic acid groups (broad SMARTS) is 1. The standard InChI is InChI=1S/C37H38F6N4O5/c38-28-6-4-23(5-7-28)15-47-16-26(14-44-47)31(48)45-17-27(34(20-45)21-46(22-34)33(51)35(12-13-35)37(41,42)43)19-52-18-25-2-1-3-29(30(25)32(49)50)24-8-10-36(39,40)11-9-24/h1-7,14,16,24,27H,8-13,15,17-22H2,(H,49,50). The Hall–Kier alpha value is -4.40. The molecule has 0 radical (unpaired) electrons. The highest BCUT2D eigenvalue weighted by Gasteiger charge is 2.71. The Kier molecular flexibility index (Phi) is 9.15. The maximum atomic E-state index is 13.8. The smallest absolute Gasteiger partial charge is 0.403 e. The molecule has 4 aliphatic rings. The Labute approximate surface area is 295 Å². The lowest BCUT2D eigenvalue weighted by Crippen LogP contribution is -2.65. The Morgan fingerprint density at radius 3 is 2.25 bits per heavy atom. The number of ether oxygens (including phenoxy) is 1. The van der Waals surface area contributed by atoms with E-state index in [0.717, 1.165) is 5.56 Å². The highest BCUT2D eigenvalue weighted by Crippen LogP contribution is 2.60. The van der Waals surface area contributed by atoms with Crippen LogP contribution in [0.2, 0.25) is 0 Å². The average molecular weight is 733 g/mol. The zero-order valence-corrected chi connectivity index (χ0v) is 28.2. The molecule has 4 fully saturated rings. The van der Waals surface area contributed by atoms with Crippen molar-refractivity contribution in [3.05, 3.63) is 88.5 Å². The topological polar surface area (TPSA) is 105 Å². The summed E-state index contributed by atoms with van der Waals surface area (Å²) in [4.78, 5) is 42.0. The van der Waals surface area contributed by atoms with Crippen LogP contribution < -0.4 is 0 Å². The van der Waals surface area contributed by atoms with Gasteiger partial charge in [-0.3, -0.25) is 14.3 Å². The number of halogens is 6. The van der Waals surface area contributed by atoms with Gasteiger partial charge in [-0.15, -0.1) is 0 Å². The number of hydrogen-bond acceptors (Lipinski definition) is 5. The van der Waals surface area contributed by atoms with Gasteiger partial charge in [0.25, 0.3) is 5.91 Å². The minimum absolute atomic E-state index is 0.00741. The van der Waals surface area contributed by atoms with E-state index in [9.17, 15) is 45.8 Å². The predicted octanol–water partition coefficient (Wildman–Crippen LogP) is 6.52. The van der Waals surface area contributed by atoms with Crippen molar-refractivity contribution in [1.82, 2.24) is 19.6 Å². The van der Waals surface area contributed by atoms with Gasteiger partial charge in [0.15, 0.2) is 0 Å². The van der Waals surface area contributed by atoms with Crippen molar-refractivity contribution < 1.29 is 50.6 Å². The number of carbonyl (C=O) groups is 3. The number of likely N-dealkylation sites (tertiary alicyclic amines) is 2. The van der Waals surface area contributed by atoms with Crippen molar-refractivity contribution in [2.75, 3.05) is 32.8 Å². The number of benzene rings is 2. The molecule has 2 aliphatic heterocycles. The SMILES string of the molecule is O=C(O)c1c(COCC2CN(C(=O)c3cnn(Cc4ccc(F)cc4)c3)CC23CN(C(=O)C2(C(F)(F)F)CC2)C3)cccc1C1CCC(F)(F)CC1. The number of aromatic carboxylic acids is 1. The van der Waals surface area contributed by atoms with Crippen LogP contribution in [-0.2, 0) is 22.7 Å². The van der Waals surface area contributed by atoms with E-state index in [-0.39, 0.29) is 107 Å². The van der Waals surface area contributed by atoms with Crippen molar-refractivity contribution in [2.24, 2.45) is 16.7 Å². The van der Waals surface area contributed by atoms with Gasteiger partial charge in [0.05, 0.1) is 37.1 Å². The van der Waals surface area contributed by atoms with Crippen LogP contribution in [0.3, 0.4) is 0 Å². The van der Waals surface area contributed by atoms with E-state index in [1.54, 1.807) is 41.4 Å². The number of rotatable bonds is 10. The molecule has 0 bridgehead atoms. The Balaban J connectivity index is 1.06. The first-order valence-electron chi connectivity index (χ1n) is 17.3. The third-order valence-corrected chi connectivity index (χ3v) is 11.4. The number of hydrogen-bond donors (Lipinski definition) is 1. The lowest BCUT2D eigenvalue weighted by Gasteiger charge is -2.51. The minimum Gasteiger partial charge on any atom is -0.478 e. The van der Waals surface area contributed by atoms with Crippen molar-refractivity contribution in [3.8, 4) is 0 Å². The summed E-state index contributed by atoms with van der Waals surface area (Å²) in [6.45, 7) is 0.540. The van der Waals surface area contributed by atoms with Crippen LogP contribution in [0.15, 0.2) is 54.9 Å². The molecule has 2 saturated carbocycles. The second-order valence-electron chi connectivity index (χ2n) is 14.9. The summed E-state index contributed by atoms with van der Waals surface area (Å²) < 4.78 is 90.1. The Morgan fingerprint density at radius 2 is 1.62 bits per heavy atom. The van der Waals surface area contributed by atoms with Crippen molar-refractivity contribution in [1.29, 1.82) is 0 Å². The molecule has 7 rings (SSSR count). The van der Waals surface area contributed by atoms with E-state index in [1.807, 2.05) is 0 Å². The predicted molar refractivity (Wildman–Crippen MR) is 173 cm³/mol. The molecule has 2 aromatic carbocycles. The van der Waals surface area contributed by atoms with E-state index < -0.39 is 40.7 Å². The molecule has 15 heteroatoms. The van der Waals surface area contributed by atoms with Crippen molar-refractivity contribution in [2.45, 2.75) is 69.7 Å². The van der Waals surface area contributed by atoms with Gasteiger partial charge in [-0.25, -0.2) is 18.0 Å². The molecule has 1 N–H and O–H groups in total. The maximum Gasteiger partial charge on any atom is 0.403 e. The van der Waals surface area contributed by atoms with Gasteiger partial charge >= 0.3 is 12.1 Å². The first kappa shape index (κ1) is 36.0. The van der Waals surface area contributed by atoms with Crippen LogP contribution in [0.1, 0.15) is 81.8 Å². The van der Waals surface area contributed by atoms with Crippen LogP contribution in [0.4, 0.5) is 26.3 Å². The molecule has 1 atom stereocenters. The molecule has 1 aromatic heterocycles. The van der Waals surface area contributed by atoms with Crippen LogP contribution >= 0.6 is 0 Å². The number of aromatic nitrogens is 2. The van der Waals surface area contributed by atoms with E-state index in [1.165, 1.54) is 27.9 Å². The molecule has 2 amide bonds. The fourth-order valence-corrected chi connectivity index (χ4v) is 8.20. The maximum absolute atomic E-state index is 13.8.